The molecule has 0 atom stereocenters. The molecule has 0 aliphatic carbocycles. The second kappa shape index (κ2) is 3.85. The summed E-state index contributed by atoms with van der Waals surface area (Å²) in [7, 11) is 0. The lowest BCUT2D eigenvalue weighted by Crippen LogP contribution is -2.17. The van der Waals surface area contributed by atoms with Crippen LogP contribution < -0.4 is 22.3 Å². The van der Waals surface area contributed by atoms with Crippen LogP contribution in [0.2, 0.25) is 0 Å². The van der Waals surface area contributed by atoms with Crippen LogP contribution in [0.3, 0.4) is 0 Å². The lowest BCUT2D eigenvalue weighted by Gasteiger charge is -2.08. The second-order valence-electron chi connectivity index (χ2n) is 2.78. The van der Waals surface area contributed by atoms with Crippen LogP contribution in [0.1, 0.15) is 13.8 Å². The van der Waals surface area contributed by atoms with Crippen molar-refractivity contribution in [2.24, 2.45) is 5.84 Å². The molecule has 72 valence electrons. The minimum Gasteiger partial charge on any atom is -0.368 e. The van der Waals surface area contributed by atoms with E-state index in [2.05, 4.69) is 25.7 Å². The lowest BCUT2D eigenvalue weighted by molar-refractivity contribution is 0.869. The third-order valence-corrected chi connectivity index (χ3v) is 1.20. The van der Waals surface area contributed by atoms with Crippen LogP contribution in [0.4, 0.5) is 17.8 Å². The molecule has 0 aliphatic rings. The Hall–Kier alpha value is -1.63. The maximum Gasteiger partial charge on any atom is 0.243 e. The minimum atomic E-state index is 0.131. The van der Waals surface area contributed by atoms with Crippen LogP contribution in [-0.2, 0) is 0 Å². The number of nitrogens with one attached hydrogen (secondary N) is 2. The molecule has 7 heteroatoms. The fourth-order valence-corrected chi connectivity index (χ4v) is 0.780. The Balaban J connectivity index is 2.88. The highest BCUT2D eigenvalue weighted by Crippen LogP contribution is 2.06. The predicted molar refractivity (Wildman–Crippen MR) is 50.8 cm³/mol. The van der Waals surface area contributed by atoms with Crippen LogP contribution in [0.25, 0.3) is 0 Å². The van der Waals surface area contributed by atoms with E-state index < -0.39 is 0 Å². The van der Waals surface area contributed by atoms with E-state index in [-0.39, 0.29) is 17.9 Å². The summed E-state index contributed by atoms with van der Waals surface area (Å²) in [4.78, 5) is 11.6. The SMILES string of the molecule is CC(C)Nc1nc(N)nc(NN)n1. The average Bonchev–Trinajstić information content (AvgIpc) is 2.01. The van der Waals surface area contributed by atoms with Crippen LogP contribution in [0.15, 0.2) is 0 Å². The molecular formula is C6H13N7. The van der Waals surface area contributed by atoms with Gasteiger partial charge in [-0.15, -0.1) is 0 Å². The van der Waals surface area contributed by atoms with Crippen molar-refractivity contribution in [3.8, 4) is 0 Å². The van der Waals surface area contributed by atoms with E-state index in [0.717, 1.165) is 0 Å². The summed E-state index contributed by atoms with van der Waals surface area (Å²) in [5, 5.41) is 2.98. The molecule has 0 unspecified atom stereocenters. The van der Waals surface area contributed by atoms with Crippen molar-refractivity contribution in [3.63, 3.8) is 0 Å². The molecule has 1 aromatic rings. The van der Waals surface area contributed by atoms with Gasteiger partial charge in [0.25, 0.3) is 0 Å². The van der Waals surface area contributed by atoms with E-state index >= 15 is 0 Å². The summed E-state index contributed by atoms with van der Waals surface area (Å²) >= 11 is 0. The molecule has 1 rings (SSSR count). The van der Waals surface area contributed by atoms with Crippen LogP contribution in [0, 0.1) is 0 Å². The second-order valence-corrected chi connectivity index (χ2v) is 2.78. The molecule has 0 aliphatic heterocycles. The van der Waals surface area contributed by atoms with E-state index in [4.69, 9.17) is 11.6 Å². The van der Waals surface area contributed by atoms with Gasteiger partial charge in [0.05, 0.1) is 0 Å². The Labute approximate surface area is 75.9 Å². The minimum absolute atomic E-state index is 0.131. The van der Waals surface area contributed by atoms with Gasteiger partial charge in [-0.2, -0.15) is 15.0 Å². The summed E-state index contributed by atoms with van der Waals surface area (Å²) in [5.74, 6) is 5.92. The highest BCUT2D eigenvalue weighted by Gasteiger charge is 2.03. The number of anilines is 3. The molecule has 13 heavy (non-hydrogen) atoms. The molecule has 1 heterocycles. The van der Waals surface area contributed by atoms with Gasteiger partial charge in [0.15, 0.2) is 0 Å². The van der Waals surface area contributed by atoms with E-state index in [1.165, 1.54) is 0 Å². The maximum absolute atomic E-state index is 5.41. The highest BCUT2D eigenvalue weighted by molar-refractivity contribution is 5.39. The first-order chi connectivity index (χ1) is 6.11. The summed E-state index contributed by atoms with van der Waals surface area (Å²) in [5.41, 5.74) is 7.71. The Bertz CT molecular complexity index is 284. The van der Waals surface area contributed by atoms with Crippen molar-refractivity contribution in [1.82, 2.24) is 15.0 Å². The van der Waals surface area contributed by atoms with Gasteiger partial charge < -0.3 is 11.1 Å². The molecule has 1 aromatic heterocycles. The third-order valence-electron chi connectivity index (χ3n) is 1.20. The quantitative estimate of drug-likeness (QED) is 0.371. The van der Waals surface area contributed by atoms with Crippen molar-refractivity contribution in [3.05, 3.63) is 0 Å². The van der Waals surface area contributed by atoms with Crippen molar-refractivity contribution < 1.29 is 0 Å². The lowest BCUT2D eigenvalue weighted by atomic mass is 10.4. The summed E-state index contributed by atoms with van der Waals surface area (Å²) < 4.78 is 0. The molecule has 0 amide bonds. The Morgan fingerprint density at radius 2 is 1.77 bits per heavy atom. The van der Waals surface area contributed by atoms with Gasteiger partial charge in [-0.3, -0.25) is 5.43 Å². The van der Waals surface area contributed by atoms with Gasteiger partial charge >= 0.3 is 0 Å². The van der Waals surface area contributed by atoms with Crippen LogP contribution >= 0.6 is 0 Å². The zero-order valence-electron chi connectivity index (χ0n) is 7.57. The van der Waals surface area contributed by atoms with E-state index in [0.29, 0.717) is 5.95 Å². The fraction of sp³-hybridized carbons (Fsp3) is 0.500. The first-order valence-corrected chi connectivity index (χ1v) is 3.86. The van der Waals surface area contributed by atoms with Gasteiger partial charge in [0, 0.05) is 6.04 Å². The predicted octanol–water partition coefficient (Wildman–Crippen LogP) is -0.440. The number of rotatable bonds is 3. The third kappa shape index (κ3) is 2.71. The van der Waals surface area contributed by atoms with Crippen LogP contribution in [-0.4, -0.2) is 21.0 Å². The Morgan fingerprint density at radius 1 is 1.15 bits per heavy atom. The molecule has 6 N–H and O–H groups in total. The number of hydrogen-bond donors (Lipinski definition) is 4. The maximum atomic E-state index is 5.41. The monoisotopic (exact) mass is 183 g/mol. The zero-order valence-corrected chi connectivity index (χ0v) is 7.57. The Kier molecular flexibility index (Phi) is 2.80. The molecule has 7 nitrogen and oxygen atoms in total. The zero-order chi connectivity index (χ0) is 9.84. The van der Waals surface area contributed by atoms with E-state index in [9.17, 15) is 0 Å². The summed E-state index contributed by atoms with van der Waals surface area (Å²) in [6.07, 6.45) is 0. The van der Waals surface area contributed by atoms with Crippen LogP contribution in [0.5, 0.6) is 0 Å². The molecule has 0 saturated heterocycles. The molecule has 0 bridgehead atoms. The normalized spacial score (nSPS) is 10.2. The van der Waals surface area contributed by atoms with Crippen molar-refractivity contribution in [2.45, 2.75) is 19.9 Å². The fourth-order valence-electron chi connectivity index (χ4n) is 0.780. The number of nitrogens with zero attached hydrogens (tertiary/aromatic N) is 3. The standard InChI is InChI=1S/C6H13N7/c1-3(2)9-5-10-4(7)11-6(12-5)13-8/h3H,8H2,1-2H3,(H4,7,9,10,11,12,13). The van der Waals surface area contributed by atoms with Gasteiger partial charge in [0.2, 0.25) is 17.8 Å². The first kappa shape index (κ1) is 9.46. The van der Waals surface area contributed by atoms with Gasteiger partial charge in [0.1, 0.15) is 0 Å². The first-order valence-electron chi connectivity index (χ1n) is 3.86. The summed E-state index contributed by atoms with van der Waals surface area (Å²) in [6.45, 7) is 3.94. The highest BCUT2D eigenvalue weighted by atomic mass is 15.3. The smallest absolute Gasteiger partial charge is 0.243 e. The van der Waals surface area contributed by atoms with E-state index in [1.807, 2.05) is 13.8 Å². The molecule has 0 fully saturated rings. The van der Waals surface area contributed by atoms with Gasteiger partial charge in [-0.1, -0.05) is 0 Å². The molecular weight excluding hydrogens is 170 g/mol. The van der Waals surface area contributed by atoms with Crippen molar-refractivity contribution in [2.75, 3.05) is 16.5 Å². The largest absolute Gasteiger partial charge is 0.368 e. The number of hydrogen-bond acceptors (Lipinski definition) is 7. The molecule has 0 saturated carbocycles. The number of nitrogen functional groups attached to an aromatic ring is 2. The number of aromatic nitrogens is 3. The molecule has 0 radical (unpaired) electrons. The van der Waals surface area contributed by atoms with Crippen molar-refractivity contribution in [1.29, 1.82) is 0 Å². The topological polar surface area (TPSA) is 115 Å². The Morgan fingerprint density at radius 3 is 2.31 bits per heavy atom. The van der Waals surface area contributed by atoms with Gasteiger partial charge in [-0.05, 0) is 13.8 Å². The molecule has 0 spiro atoms. The van der Waals surface area contributed by atoms with E-state index in [1.54, 1.807) is 0 Å². The number of nitrogens with two attached hydrogens (primary N) is 2. The number of hydrazine groups is 1. The summed E-state index contributed by atoms with van der Waals surface area (Å²) in [6, 6.07) is 0.229. The van der Waals surface area contributed by atoms with Crippen molar-refractivity contribution >= 4 is 17.8 Å². The van der Waals surface area contributed by atoms with Gasteiger partial charge in [-0.25, -0.2) is 5.84 Å². The molecule has 0 aromatic carbocycles. The average molecular weight is 183 g/mol.